The average Bonchev–Trinajstić information content (AvgIpc) is 3.17. The summed E-state index contributed by atoms with van der Waals surface area (Å²) in [6.07, 6.45) is 3.20. The number of hydrogen-bond acceptors (Lipinski definition) is 4. The van der Waals surface area contributed by atoms with Crippen LogP contribution in [0.15, 0.2) is 41.4 Å². The van der Waals surface area contributed by atoms with Gasteiger partial charge in [-0.05, 0) is 49.6 Å². The SMILES string of the molecule is CN=C(NCc1cc2c(cc1OC)CC(C)O2)NC1CCN(Cc2ccc(F)cc2)CC1. The lowest BCUT2D eigenvalue weighted by atomic mass is 10.0. The fraction of sp³-hybridized carbons (Fsp3) is 0.480. The second-order valence-electron chi connectivity index (χ2n) is 8.65. The molecule has 172 valence electrons. The van der Waals surface area contributed by atoms with Gasteiger partial charge in [-0.3, -0.25) is 9.89 Å². The molecule has 2 aromatic rings. The summed E-state index contributed by atoms with van der Waals surface area (Å²) < 4.78 is 24.6. The van der Waals surface area contributed by atoms with Gasteiger partial charge in [0, 0.05) is 56.8 Å². The van der Waals surface area contributed by atoms with Crippen LogP contribution in [0.5, 0.6) is 11.5 Å². The van der Waals surface area contributed by atoms with Crippen LogP contribution in [0.1, 0.15) is 36.5 Å². The van der Waals surface area contributed by atoms with Crippen LogP contribution in [0.25, 0.3) is 0 Å². The van der Waals surface area contributed by atoms with Gasteiger partial charge in [-0.1, -0.05) is 12.1 Å². The predicted octanol–water partition coefficient (Wildman–Crippen LogP) is 3.49. The lowest BCUT2D eigenvalue weighted by Gasteiger charge is -2.33. The standard InChI is InChI=1S/C25H33FN4O2/c1-17-12-19-13-23(31-3)20(14-24(19)32-17)15-28-25(27-2)29-22-8-10-30(11-9-22)16-18-4-6-21(26)7-5-18/h4-7,13-14,17,22H,8-12,15-16H2,1-3H3,(H2,27,28,29). The molecule has 1 unspecified atom stereocenters. The number of halogens is 1. The molecule has 0 aromatic heterocycles. The smallest absolute Gasteiger partial charge is 0.191 e. The average molecular weight is 441 g/mol. The highest BCUT2D eigenvalue weighted by Gasteiger charge is 2.23. The molecular weight excluding hydrogens is 407 g/mol. The van der Waals surface area contributed by atoms with Crippen LogP contribution >= 0.6 is 0 Å². The number of hydrogen-bond donors (Lipinski definition) is 2. The van der Waals surface area contributed by atoms with E-state index in [1.807, 2.05) is 12.1 Å². The minimum absolute atomic E-state index is 0.185. The van der Waals surface area contributed by atoms with Gasteiger partial charge >= 0.3 is 0 Å². The van der Waals surface area contributed by atoms with E-state index in [4.69, 9.17) is 9.47 Å². The number of fused-ring (bicyclic) bond motifs is 1. The third-order valence-corrected chi connectivity index (χ3v) is 6.22. The number of benzene rings is 2. The van der Waals surface area contributed by atoms with E-state index in [0.29, 0.717) is 12.6 Å². The second kappa shape index (κ2) is 10.2. The van der Waals surface area contributed by atoms with Crippen molar-refractivity contribution >= 4 is 5.96 Å². The summed E-state index contributed by atoms with van der Waals surface area (Å²) in [6, 6.07) is 11.3. The fourth-order valence-electron chi connectivity index (χ4n) is 4.46. The zero-order valence-electron chi connectivity index (χ0n) is 19.2. The van der Waals surface area contributed by atoms with Crippen LogP contribution in [0.3, 0.4) is 0 Å². The number of aliphatic imine (C=N–C) groups is 1. The van der Waals surface area contributed by atoms with Crippen LogP contribution in [0, 0.1) is 5.82 Å². The van der Waals surface area contributed by atoms with Gasteiger partial charge in [0.25, 0.3) is 0 Å². The van der Waals surface area contributed by atoms with Crippen LogP contribution in [-0.4, -0.2) is 50.3 Å². The maximum Gasteiger partial charge on any atom is 0.191 e. The fourth-order valence-corrected chi connectivity index (χ4v) is 4.46. The molecular formula is C25H33FN4O2. The lowest BCUT2D eigenvalue weighted by Crippen LogP contribution is -2.48. The molecule has 7 heteroatoms. The third-order valence-electron chi connectivity index (χ3n) is 6.22. The van der Waals surface area contributed by atoms with Crippen molar-refractivity contribution in [2.45, 2.75) is 51.4 Å². The van der Waals surface area contributed by atoms with E-state index < -0.39 is 0 Å². The molecule has 2 aromatic carbocycles. The minimum Gasteiger partial charge on any atom is -0.496 e. The normalized spacial score (nSPS) is 19.4. The highest BCUT2D eigenvalue weighted by Crippen LogP contribution is 2.34. The van der Waals surface area contributed by atoms with Gasteiger partial charge in [-0.25, -0.2) is 4.39 Å². The number of rotatable bonds is 6. The Hall–Kier alpha value is -2.80. The van der Waals surface area contributed by atoms with Gasteiger partial charge in [-0.15, -0.1) is 0 Å². The molecule has 1 saturated heterocycles. The van der Waals surface area contributed by atoms with Crippen molar-refractivity contribution in [3.05, 3.63) is 58.9 Å². The highest BCUT2D eigenvalue weighted by atomic mass is 19.1. The molecule has 2 N–H and O–H groups in total. The van der Waals surface area contributed by atoms with Crippen molar-refractivity contribution in [2.75, 3.05) is 27.2 Å². The zero-order chi connectivity index (χ0) is 22.5. The summed E-state index contributed by atoms with van der Waals surface area (Å²) in [4.78, 5) is 6.82. The van der Waals surface area contributed by atoms with Gasteiger partial charge in [0.2, 0.25) is 0 Å². The molecule has 0 aliphatic carbocycles. The summed E-state index contributed by atoms with van der Waals surface area (Å²) in [5.41, 5.74) is 3.40. The number of guanidine groups is 1. The maximum absolute atomic E-state index is 13.1. The molecule has 0 bridgehead atoms. The molecule has 0 amide bonds. The number of ether oxygens (including phenoxy) is 2. The van der Waals surface area contributed by atoms with Gasteiger partial charge in [-0.2, -0.15) is 0 Å². The summed E-state index contributed by atoms with van der Waals surface area (Å²) in [6.45, 7) is 5.55. The lowest BCUT2D eigenvalue weighted by molar-refractivity contribution is 0.198. The summed E-state index contributed by atoms with van der Waals surface area (Å²) in [7, 11) is 3.50. The van der Waals surface area contributed by atoms with Crippen molar-refractivity contribution in [2.24, 2.45) is 4.99 Å². The molecule has 2 aliphatic rings. The van der Waals surface area contributed by atoms with E-state index in [2.05, 4.69) is 39.6 Å². The molecule has 0 spiro atoms. The topological polar surface area (TPSA) is 58.1 Å². The number of methoxy groups -OCH3 is 1. The van der Waals surface area contributed by atoms with Crippen LogP contribution in [0.2, 0.25) is 0 Å². The number of nitrogens with zero attached hydrogens (tertiary/aromatic N) is 2. The maximum atomic E-state index is 13.1. The van der Waals surface area contributed by atoms with E-state index in [0.717, 1.165) is 67.5 Å². The first-order valence-electron chi connectivity index (χ1n) is 11.3. The van der Waals surface area contributed by atoms with E-state index in [1.54, 1.807) is 14.2 Å². The largest absolute Gasteiger partial charge is 0.496 e. The Morgan fingerprint density at radius 1 is 1.22 bits per heavy atom. The van der Waals surface area contributed by atoms with Gasteiger partial charge in [0.15, 0.2) is 5.96 Å². The van der Waals surface area contributed by atoms with Crippen LogP contribution in [-0.2, 0) is 19.5 Å². The first-order chi connectivity index (χ1) is 15.5. The Labute approximate surface area is 189 Å². The van der Waals surface area contributed by atoms with Gasteiger partial charge in [0.1, 0.15) is 23.4 Å². The quantitative estimate of drug-likeness (QED) is 0.532. The van der Waals surface area contributed by atoms with Gasteiger partial charge in [0.05, 0.1) is 7.11 Å². The molecule has 1 fully saturated rings. The van der Waals surface area contributed by atoms with Crippen molar-refractivity contribution < 1.29 is 13.9 Å². The second-order valence-corrected chi connectivity index (χ2v) is 8.65. The van der Waals surface area contributed by atoms with E-state index in [9.17, 15) is 4.39 Å². The Balaban J connectivity index is 1.27. The van der Waals surface area contributed by atoms with E-state index >= 15 is 0 Å². The molecule has 6 nitrogen and oxygen atoms in total. The number of piperidine rings is 1. The van der Waals surface area contributed by atoms with Crippen LogP contribution in [0.4, 0.5) is 4.39 Å². The molecule has 2 aliphatic heterocycles. The first kappa shape index (κ1) is 22.4. The molecule has 4 rings (SSSR count). The molecule has 0 radical (unpaired) electrons. The monoisotopic (exact) mass is 440 g/mol. The highest BCUT2D eigenvalue weighted by molar-refractivity contribution is 5.80. The molecule has 32 heavy (non-hydrogen) atoms. The molecule has 1 atom stereocenters. The van der Waals surface area contributed by atoms with Crippen molar-refractivity contribution in [3.63, 3.8) is 0 Å². The van der Waals surface area contributed by atoms with Crippen LogP contribution < -0.4 is 20.1 Å². The molecule has 0 saturated carbocycles. The first-order valence-corrected chi connectivity index (χ1v) is 11.3. The van der Waals surface area contributed by atoms with E-state index in [1.165, 1.54) is 17.7 Å². The summed E-state index contributed by atoms with van der Waals surface area (Å²) in [5, 5.41) is 6.98. The Morgan fingerprint density at radius 2 is 1.97 bits per heavy atom. The Bertz CT molecular complexity index is 940. The Morgan fingerprint density at radius 3 is 2.66 bits per heavy atom. The number of nitrogens with one attached hydrogen (secondary N) is 2. The van der Waals surface area contributed by atoms with Gasteiger partial charge < -0.3 is 20.1 Å². The summed E-state index contributed by atoms with van der Waals surface area (Å²) >= 11 is 0. The predicted molar refractivity (Wildman–Crippen MR) is 125 cm³/mol. The minimum atomic E-state index is -0.185. The third kappa shape index (κ3) is 5.51. The van der Waals surface area contributed by atoms with Crippen molar-refractivity contribution in [1.82, 2.24) is 15.5 Å². The number of likely N-dealkylation sites (tertiary alicyclic amines) is 1. The molecule has 2 heterocycles. The van der Waals surface area contributed by atoms with E-state index in [-0.39, 0.29) is 11.9 Å². The zero-order valence-corrected chi connectivity index (χ0v) is 19.2. The van der Waals surface area contributed by atoms with Crippen molar-refractivity contribution in [3.8, 4) is 11.5 Å². The Kier molecular flexibility index (Phi) is 7.15. The summed E-state index contributed by atoms with van der Waals surface area (Å²) in [5.74, 6) is 2.43. The van der Waals surface area contributed by atoms with Crippen molar-refractivity contribution in [1.29, 1.82) is 0 Å².